The van der Waals surface area contributed by atoms with E-state index in [1.807, 2.05) is 27.7 Å². The second-order valence-electron chi connectivity index (χ2n) is 15.0. The number of carbonyl (C=O) groups is 2. The number of hydrogen-bond acceptors (Lipinski definition) is 12. The quantitative estimate of drug-likeness (QED) is 0.0497. The highest BCUT2D eigenvalue weighted by molar-refractivity contribution is 6.15. The predicted molar refractivity (Wildman–Crippen MR) is 211 cm³/mol. The van der Waals surface area contributed by atoms with Crippen molar-refractivity contribution >= 4 is 45.9 Å². The lowest BCUT2D eigenvalue weighted by Gasteiger charge is -2.24. The highest BCUT2D eigenvalue weighted by atomic mass is 16.5. The normalized spacial score (nSPS) is 13.4. The van der Waals surface area contributed by atoms with Gasteiger partial charge in [-0.15, -0.1) is 0 Å². The first-order valence-electron chi connectivity index (χ1n) is 17.9. The van der Waals surface area contributed by atoms with E-state index in [1.54, 1.807) is 53.7 Å². The van der Waals surface area contributed by atoms with E-state index in [9.17, 15) is 40.2 Å². The molecule has 0 amide bonds. The van der Waals surface area contributed by atoms with Crippen molar-refractivity contribution in [3.8, 4) is 45.6 Å². The van der Waals surface area contributed by atoms with E-state index in [0.717, 1.165) is 0 Å². The van der Waals surface area contributed by atoms with Gasteiger partial charge in [0.15, 0.2) is 23.0 Å². The van der Waals surface area contributed by atoms with Gasteiger partial charge in [-0.3, -0.25) is 9.98 Å². The van der Waals surface area contributed by atoms with E-state index in [1.165, 1.54) is 26.6 Å². The molecule has 54 heavy (non-hydrogen) atoms. The van der Waals surface area contributed by atoms with Crippen LogP contribution in [0.15, 0.2) is 22.1 Å². The van der Waals surface area contributed by atoms with Crippen LogP contribution in [0.1, 0.15) is 101 Å². The number of ether oxygens (including phenoxy) is 2. The van der Waals surface area contributed by atoms with Gasteiger partial charge in [0.05, 0.1) is 14.2 Å². The Morgan fingerprint density at radius 2 is 0.870 bits per heavy atom. The van der Waals surface area contributed by atoms with Crippen LogP contribution in [0.5, 0.6) is 34.5 Å². The largest absolute Gasteiger partial charge is 0.507 e. The van der Waals surface area contributed by atoms with Crippen LogP contribution in [-0.4, -0.2) is 81.3 Å². The molecule has 0 heterocycles. The Balaban J connectivity index is 2.23. The molecular formula is C42H52N2O10. The number of aromatic hydroxyl groups is 6. The summed E-state index contributed by atoms with van der Waals surface area (Å²) in [5.74, 6) is -5.04. The first kappa shape index (κ1) is 41.2. The van der Waals surface area contributed by atoms with Crippen molar-refractivity contribution in [3.63, 3.8) is 0 Å². The van der Waals surface area contributed by atoms with E-state index in [-0.39, 0.29) is 68.2 Å². The predicted octanol–water partition coefficient (Wildman–Crippen LogP) is 7.99. The van der Waals surface area contributed by atoms with Crippen LogP contribution < -0.4 is 0 Å². The van der Waals surface area contributed by atoms with E-state index in [2.05, 4.69) is 9.98 Å². The number of esters is 2. The van der Waals surface area contributed by atoms with Crippen molar-refractivity contribution in [2.45, 2.75) is 93.2 Å². The standard InChI is InChI=1S/C42H52N2O10/c1-17(2)27-23-13-21(9)29(37(47)31(23)25(35(45)39(27)49)15-43-33(19(5)6)41(51)53-11)30-22(10)14-24-28(18(3)4)40(50)36(46)26(32(24)38(30)48)16-44-34(20(7)8)42(52)54-12/h13-20,33-34,45-50H,1-12H3/t33-,34-/m0/s1. The van der Waals surface area contributed by atoms with Crippen LogP contribution in [0, 0.1) is 25.7 Å². The maximum atomic E-state index is 12.6. The lowest BCUT2D eigenvalue weighted by atomic mass is 9.83. The van der Waals surface area contributed by atoms with Crippen molar-refractivity contribution in [1.82, 2.24) is 0 Å². The highest BCUT2D eigenvalue weighted by Crippen LogP contribution is 2.54. The minimum atomic E-state index is -0.955. The summed E-state index contributed by atoms with van der Waals surface area (Å²) in [5, 5.41) is 71.2. The topological polar surface area (TPSA) is 199 Å². The third-order valence-electron chi connectivity index (χ3n) is 9.87. The second-order valence-corrected chi connectivity index (χ2v) is 15.0. The molecule has 0 aromatic heterocycles. The zero-order valence-electron chi connectivity index (χ0n) is 33.0. The van der Waals surface area contributed by atoms with Crippen molar-refractivity contribution in [1.29, 1.82) is 0 Å². The maximum Gasteiger partial charge on any atom is 0.330 e. The lowest BCUT2D eigenvalue weighted by molar-refractivity contribution is -0.143. The molecule has 0 saturated heterocycles. The highest BCUT2D eigenvalue weighted by Gasteiger charge is 2.31. The molecule has 4 aromatic rings. The summed E-state index contributed by atoms with van der Waals surface area (Å²) < 4.78 is 9.86. The Kier molecular flexibility index (Phi) is 12.1. The Morgan fingerprint density at radius 3 is 1.13 bits per heavy atom. The molecular weight excluding hydrogens is 692 g/mol. The molecule has 4 rings (SSSR count). The first-order chi connectivity index (χ1) is 25.2. The minimum Gasteiger partial charge on any atom is -0.507 e. The number of benzene rings is 4. The summed E-state index contributed by atoms with van der Waals surface area (Å²) in [7, 11) is 2.49. The van der Waals surface area contributed by atoms with Gasteiger partial charge in [0.2, 0.25) is 0 Å². The van der Waals surface area contributed by atoms with Gasteiger partial charge in [-0.1, -0.05) is 67.5 Å². The van der Waals surface area contributed by atoms with Gasteiger partial charge < -0.3 is 40.1 Å². The fourth-order valence-electron chi connectivity index (χ4n) is 7.19. The smallest absolute Gasteiger partial charge is 0.330 e. The molecule has 0 bridgehead atoms. The van der Waals surface area contributed by atoms with Crippen LogP contribution in [0.3, 0.4) is 0 Å². The molecule has 0 radical (unpaired) electrons. The maximum absolute atomic E-state index is 12.6. The van der Waals surface area contributed by atoms with Crippen LogP contribution >= 0.6 is 0 Å². The number of aryl methyl sites for hydroxylation is 2. The minimum absolute atomic E-state index is 0.0573. The molecule has 12 heteroatoms. The van der Waals surface area contributed by atoms with Crippen LogP contribution in [0.4, 0.5) is 0 Å². The number of fused-ring (bicyclic) bond motifs is 2. The van der Waals surface area contributed by atoms with E-state index < -0.39 is 47.0 Å². The SMILES string of the molecule is COC(=O)[C@@H](N=Cc1c(O)c(O)c(C(C)C)c2cc(C)c(-c3c(C)cc4c(C(C)C)c(O)c(O)c(C=N[C@H](C(=O)OC)C(C)C)c4c3O)c(O)c12)C(C)C. The Labute approximate surface area is 315 Å². The molecule has 0 spiro atoms. The molecule has 290 valence electrons. The number of hydrogen-bond donors (Lipinski definition) is 6. The van der Waals surface area contributed by atoms with Gasteiger partial charge in [-0.25, -0.2) is 9.59 Å². The first-order valence-corrected chi connectivity index (χ1v) is 17.9. The van der Waals surface area contributed by atoms with Crippen LogP contribution in [0.25, 0.3) is 32.7 Å². The van der Waals surface area contributed by atoms with Crippen molar-refractivity contribution in [2.75, 3.05) is 14.2 Å². The monoisotopic (exact) mass is 744 g/mol. The van der Waals surface area contributed by atoms with Crippen molar-refractivity contribution in [3.05, 3.63) is 45.5 Å². The average molecular weight is 745 g/mol. The van der Waals surface area contributed by atoms with Gasteiger partial charge in [0.1, 0.15) is 23.6 Å². The molecule has 0 unspecified atom stereocenters. The number of rotatable bonds is 11. The molecule has 0 saturated carbocycles. The van der Waals surface area contributed by atoms with Crippen LogP contribution in [0.2, 0.25) is 0 Å². The second kappa shape index (κ2) is 15.8. The zero-order chi connectivity index (χ0) is 40.7. The number of methoxy groups -OCH3 is 2. The molecule has 0 aliphatic rings. The summed E-state index contributed by atoms with van der Waals surface area (Å²) >= 11 is 0. The molecule has 12 nitrogen and oxygen atoms in total. The van der Waals surface area contributed by atoms with Gasteiger partial charge in [-0.05, 0) is 59.4 Å². The van der Waals surface area contributed by atoms with Gasteiger partial charge in [0.25, 0.3) is 0 Å². The number of aliphatic imine (C=N–C) groups is 2. The summed E-state index contributed by atoms with van der Waals surface area (Å²) in [6, 6.07) is 1.56. The fourth-order valence-corrected chi connectivity index (χ4v) is 7.19. The average Bonchev–Trinajstić information content (AvgIpc) is 3.08. The number of carbonyl (C=O) groups excluding carboxylic acids is 2. The third kappa shape index (κ3) is 7.09. The summed E-state index contributed by atoms with van der Waals surface area (Å²) in [6.45, 7) is 17.9. The molecule has 0 fully saturated rings. The number of phenols is 6. The summed E-state index contributed by atoms with van der Waals surface area (Å²) in [6.07, 6.45) is 2.46. The van der Waals surface area contributed by atoms with Gasteiger partial charge >= 0.3 is 11.9 Å². The molecule has 0 aliphatic carbocycles. The molecule has 6 N–H and O–H groups in total. The fraction of sp³-hybridized carbons (Fsp3) is 0.429. The Hall–Kier alpha value is -5.52. The van der Waals surface area contributed by atoms with E-state index in [0.29, 0.717) is 33.0 Å². The Bertz CT molecular complexity index is 2040. The van der Waals surface area contributed by atoms with Crippen LogP contribution in [-0.2, 0) is 19.1 Å². The zero-order valence-corrected chi connectivity index (χ0v) is 33.0. The summed E-state index contributed by atoms with van der Waals surface area (Å²) in [5.41, 5.74) is 1.96. The Morgan fingerprint density at radius 1 is 0.556 bits per heavy atom. The van der Waals surface area contributed by atoms with Crippen molar-refractivity contribution in [2.24, 2.45) is 21.8 Å². The number of phenolic OH excluding ortho intramolecular Hbond substituents is 6. The molecule has 0 aliphatic heterocycles. The van der Waals surface area contributed by atoms with E-state index in [4.69, 9.17) is 9.47 Å². The molecule has 4 aromatic carbocycles. The molecule has 2 atom stereocenters. The van der Waals surface area contributed by atoms with Gasteiger partial charge in [0, 0.05) is 56.6 Å². The lowest BCUT2D eigenvalue weighted by Crippen LogP contribution is -2.26. The van der Waals surface area contributed by atoms with Crippen molar-refractivity contribution < 1.29 is 49.7 Å². The number of nitrogens with zero attached hydrogens (tertiary/aromatic N) is 2. The van der Waals surface area contributed by atoms with E-state index >= 15 is 0 Å². The van der Waals surface area contributed by atoms with Gasteiger partial charge in [-0.2, -0.15) is 0 Å². The third-order valence-corrected chi connectivity index (χ3v) is 9.87. The summed E-state index contributed by atoms with van der Waals surface area (Å²) in [4.78, 5) is 34.0.